The van der Waals surface area contributed by atoms with Crippen LogP contribution in [0.5, 0.6) is 0 Å². The molecule has 1 N–H and O–H groups in total. The molecule has 1 aromatic heterocycles. The third-order valence-corrected chi connectivity index (χ3v) is 0.897. The fourth-order valence-corrected chi connectivity index (χ4v) is 0.466. The fourth-order valence-electron chi connectivity index (χ4n) is 0.466. The van der Waals surface area contributed by atoms with Gasteiger partial charge < -0.3 is 5.11 Å². The van der Waals surface area contributed by atoms with Crippen LogP contribution < -0.4 is 0 Å². The second kappa shape index (κ2) is 2.10. The minimum absolute atomic E-state index is 0.359. The molecular weight excluding hydrogens is 120 g/mol. The van der Waals surface area contributed by atoms with Gasteiger partial charge in [0, 0.05) is 0 Å². The molecule has 0 aliphatic carbocycles. The van der Waals surface area contributed by atoms with E-state index in [4.69, 9.17) is 5.11 Å². The van der Waals surface area contributed by atoms with Crippen LogP contribution >= 0.6 is 0 Å². The number of aliphatic hydroxyl groups is 1. The Kier molecular flexibility index (Phi) is 1.44. The van der Waals surface area contributed by atoms with E-state index in [1.807, 2.05) is 0 Å². The molecule has 0 aliphatic heterocycles. The summed E-state index contributed by atoms with van der Waals surface area (Å²) in [5.41, 5.74) is 0. The lowest BCUT2D eigenvalue weighted by Crippen LogP contribution is -1.96. The number of tetrazole rings is 1. The predicted molar refractivity (Wildman–Crippen MR) is 29.4 cm³/mol. The van der Waals surface area contributed by atoms with E-state index in [1.165, 1.54) is 4.80 Å². The number of nitrogens with zero attached hydrogens (tertiary/aromatic N) is 4. The summed E-state index contributed by atoms with van der Waals surface area (Å²) < 4.78 is 0. The van der Waals surface area contributed by atoms with Crippen molar-refractivity contribution in [1.29, 1.82) is 0 Å². The molecule has 9 heavy (non-hydrogen) atoms. The van der Waals surface area contributed by atoms with Crippen molar-refractivity contribution in [2.24, 2.45) is 7.05 Å². The first-order valence-electron chi connectivity index (χ1n) is 2.62. The minimum atomic E-state index is -0.626. The van der Waals surface area contributed by atoms with Gasteiger partial charge in [0.25, 0.3) is 0 Å². The normalized spacial score (nSPS) is 13.7. The summed E-state index contributed by atoms with van der Waals surface area (Å²) in [6, 6.07) is 0. The molecule has 0 radical (unpaired) electrons. The highest BCUT2D eigenvalue weighted by Gasteiger charge is 2.04. The average Bonchev–Trinajstić information content (AvgIpc) is 2.14. The Labute approximate surface area is 52.3 Å². The minimum Gasteiger partial charge on any atom is -0.385 e. The van der Waals surface area contributed by atoms with Crippen LogP contribution in [-0.2, 0) is 7.05 Å². The van der Waals surface area contributed by atoms with Gasteiger partial charge in [-0.05, 0) is 12.1 Å². The highest BCUT2D eigenvalue weighted by molar-refractivity contribution is 4.79. The number of aryl methyl sites for hydroxylation is 1. The van der Waals surface area contributed by atoms with E-state index in [0.717, 1.165) is 0 Å². The van der Waals surface area contributed by atoms with E-state index in [9.17, 15) is 0 Å². The van der Waals surface area contributed by atoms with Crippen LogP contribution in [0.4, 0.5) is 0 Å². The summed E-state index contributed by atoms with van der Waals surface area (Å²) in [4.78, 5) is 1.31. The van der Waals surface area contributed by atoms with E-state index >= 15 is 0 Å². The first-order valence-corrected chi connectivity index (χ1v) is 2.62. The quantitative estimate of drug-likeness (QED) is 0.541. The van der Waals surface area contributed by atoms with E-state index in [0.29, 0.717) is 5.82 Å². The van der Waals surface area contributed by atoms with Gasteiger partial charge in [0.05, 0.1) is 7.05 Å². The lowest BCUT2D eigenvalue weighted by atomic mass is 10.4. The molecule has 1 heterocycles. The Bertz CT molecular complexity index is 194. The van der Waals surface area contributed by atoms with Crippen LogP contribution in [0, 0.1) is 0 Å². The number of rotatable bonds is 1. The lowest BCUT2D eigenvalue weighted by molar-refractivity contribution is 0.188. The van der Waals surface area contributed by atoms with Crippen LogP contribution in [0.1, 0.15) is 18.9 Å². The second-order valence-electron chi connectivity index (χ2n) is 1.81. The van der Waals surface area contributed by atoms with E-state index in [-0.39, 0.29) is 0 Å². The van der Waals surface area contributed by atoms with Gasteiger partial charge in [-0.3, -0.25) is 0 Å². The van der Waals surface area contributed by atoms with Crippen LogP contribution in [0.2, 0.25) is 0 Å². The SMILES string of the molecule is CC(O)c1nnn(C)n1. The molecular formula is C4H8N4O. The summed E-state index contributed by atoms with van der Waals surface area (Å²) in [5, 5.41) is 19.7. The summed E-state index contributed by atoms with van der Waals surface area (Å²) in [6.45, 7) is 1.59. The average molecular weight is 128 g/mol. The molecule has 0 bridgehead atoms. The predicted octanol–water partition coefficient (Wildman–Crippen LogP) is -0.737. The lowest BCUT2D eigenvalue weighted by Gasteiger charge is -1.91. The maximum Gasteiger partial charge on any atom is 0.202 e. The molecule has 0 saturated carbocycles. The first-order chi connectivity index (χ1) is 4.20. The molecule has 50 valence electrons. The topological polar surface area (TPSA) is 63.8 Å². The van der Waals surface area contributed by atoms with Crippen molar-refractivity contribution in [1.82, 2.24) is 20.2 Å². The van der Waals surface area contributed by atoms with Crippen LogP contribution in [0.3, 0.4) is 0 Å². The van der Waals surface area contributed by atoms with E-state index < -0.39 is 6.10 Å². The Balaban J connectivity index is 2.85. The molecule has 0 amide bonds. The number of aromatic nitrogens is 4. The summed E-state index contributed by atoms with van der Waals surface area (Å²) >= 11 is 0. The molecule has 5 nitrogen and oxygen atoms in total. The zero-order valence-electron chi connectivity index (χ0n) is 5.31. The van der Waals surface area contributed by atoms with Gasteiger partial charge in [0.15, 0.2) is 0 Å². The molecule has 5 heteroatoms. The Morgan fingerprint density at radius 1 is 1.67 bits per heavy atom. The monoisotopic (exact) mass is 128 g/mol. The number of hydrogen-bond donors (Lipinski definition) is 1. The zero-order valence-corrected chi connectivity index (χ0v) is 5.31. The Morgan fingerprint density at radius 2 is 2.33 bits per heavy atom. The third kappa shape index (κ3) is 1.23. The van der Waals surface area contributed by atoms with Crippen LogP contribution in [0.25, 0.3) is 0 Å². The van der Waals surface area contributed by atoms with Gasteiger partial charge in [-0.1, -0.05) is 0 Å². The highest BCUT2D eigenvalue weighted by Crippen LogP contribution is 2.00. The molecule has 0 aliphatic rings. The summed E-state index contributed by atoms with van der Waals surface area (Å²) in [5.74, 6) is 0.359. The van der Waals surface area contributed by atoms with Crippen molar-refractivity contribution in [2.75, 3.05) is 0 Å². The van der Waals surface area contributed by atoms with Crippen molar-refractivity contribution in [3.05, 3.63) is 5.82 Å². The maximum absolute atomic E-state index is 8.86. The summed E-state index contributed by atoms with van der Waals surface area (Å²) in [6.07, 6.45) is -0.626. The van der Waals surface area contributed by atoms with Crippen molar-refractivity contribution in [3.63, 3.8) is 0 Å². The van der Waals surface area contributed by atoms with Gasteiger partial charge in [0.2, 0.25) is 5.82 Å². The molecule has 1 unspecified atom stereocenters. The standard InChI is InChI=1S/C4H8N4O/c1-3(9)4-5-7-8(2)6-4/h3,9H,1-2H3. The molecule has 0 fully saturated rings. The maximum atomic E-state index is 8.86. The molecule has 0 spiro atoms. The molecule has 0 saturated heterocycles. The molecule has 1 aromatic rings. The Morgan fingerprint density at radius 3 is 2.56 bits per heavy atom. The largest absolute Gasteiger partial charge is 0.385 e. The number of hydrogen-bond acceptors (Lipinski definition) is 4. The van der Waals surface area contributed by atoms with Crippen LogP contribution in [-0.4, -0.2) is 25.3 Å². The van der Waals surface area contributed by atoms with Gasteiger partial charge in [-0.25, -0.2) is 0 Å². The highest BCUT2D eigenvalue weighted by atomic mass is 16.3. The van der Waals surface area contributed by atoms with E-state index in [1.54, 1.807) is 14.0 Å². The first kappa shape index (κ1) is 6.15. The fraction of sp³-hybridized carbons (Fsp3) is 0.750. The van der Waals surface area contributed by atoms with Gasteiger partial charge in [-0.15, -0.1) is 10.2 Å². The number of aliphatic hydroxyl groups excluding tert-OH is 1. The van der Waals surface area contributed by atoms with Crippen molar-refractivity contribution in [3.8, 4) is 0 Å². The third-order valence-electron chi connectivity index (χ3n) is 0.897. The van der Waals surface area contributed by atoms with Crippen molar-refractivity contribution < 1.29 is 5.11 Å². The van der Waals surface area contributed by atoms with E-state index in [2.05, 4.69) is 15.4 Å². The molecule has 0 aromatic carbocycles. The van der Waals surface area contributed by atoms with Gasteiger partial charge in [-0.2, -0.15) is 4.80 Å². The van der Waals surface area contributed by atoms with Crippen molar-refractivity contribution in [2.45, 2.75) is 13.0 Å². The molecule has 1 rings (SSSR count). The molecule has 1 atom stereocenters. The zero-order chi connectivity index (χ0) is 6.85. The smallest absolute Gasteiger partial charge is 0.202 e. The van der Waals surface area contributed by atoms with Crippen LogP contribution in [0.15, 0.2) is 0 Å². The van der Waals surface area contributed by atoms with Crippen molar-refractivity contribution >= 4 is 0 Å². The summed E-state index contributed by atoms with van der Waals surface area (Å²) in [7, 11) is 1.65. The van der Waals surface area contributed by atoms with Gasteiger partial charge >= 0.3 is 0 Å². The van der Waals surface area contributed by atoms with Gasteiger partial charge in [0.1, 0.15) is 6.10 Å². The Hall–Kier alpha value is -0.970. The second-order valence-corrected chi connectivity index (χ2v) is 1.81.